The number of nitrogens with one attached hydrogen (secondary N) is 2. The largest absolute Gasteiger partial charge is 0.467 e. The van der Waals surface area contributed by atoms with Crippen LogP contribution in [0.2, 0.25) is 0 Å². The standard InChI is InChI=1S/C15H19N3O2/c1-2-7-17-15(19)13-9-11(16)5-6-14(13)18-10-12-4-3-8-20-12/h3-6,8-9,18H,2,7,10,16H2,1H3,(H,17,19). The summed E-state index contributed by atoms with van der Waals surface area (Å²) >= 11 is 0. The van der Waals surface area contributed by atoms with Crippen LogP contribution >= 0.6 is 0 Å². The molecule has 2 aromatic rings. The van der Waals surface area contributed by atoms with Crippen LogP contribution in [0.1, 0.15) is 29.5 Å². The van der Waals surface area contributed by atoms with Crippen molar-refractivity contribution in [2.24, 2.45) is 0 Å². The van der Waals surface area contributed by atoms with Crippen molar-refractivity contribution in [3.05, 3.63) is 47.9 Å². The summed E-state index contributed by atoms with van der Waals surface area (Å²) in [5.41, 5.74) is 7.61. The molecule has 0 bridgehead atoms. The van der Waals surface area contributed by atoms with Gasteiger partial charge in [0.2, 0.25) is 0 Å². The first-order valence-corrected chi connectivity index (χ1v) is 6.64. The van der Waals surface area contributed by atoms with E-state index in [1.807, 2.05) is 19.1 Å². The Hall–Kier alpha value is -2.43. The van der Waals surface area contributed by atoms with Crippen LogP contribution in [-0.2, 0) is 6.54 Å². The fourth-order valence-electron chi connectivity index (χ4n) is 1.83. The number of rotatable bonds is 6. The number of nitrogens with two attached hydrogens (primary N) is 1. The number of carbonyl (C=O) groups is 1. The van der Waals surface area contributed by atoms with Crippen molar-refractivity contribution >= 4 is 17.3 Å². The number of hydrogen-bond donors (Lipinski definition) is 3. The smallest absolute Gasteiger partial charge is 0.253 e. The average molecular weight is 273 g/mol. The van der Waals surface area contributed by atoms with Crippen LogP contribution in [0.3, 0.4) is 0 Å². The second-order valence-electron chi connectivity index (χ2n) is 4.49. The lowest BCUT2D eigenvalue weighted by Crippen LogP contribution is -2.25. The fraction of sp³-hybridized carbons (Fsp3) is 0.267. The molecule has 0 spiro atoms. The molecule has 2 rings (SSSR count). The lowest BCUT2D eigenvalue weighted by atomic mass is 10.1. The summed E-state index contributed by atoms with van der Waals surface area (Å²) in [4.78, 5) is 12.1. The summed E-state index contributed by atoms with van der Waals surface area (Å²) in [6, 6.07) is 8.95. The van der Waals surface area contributed by atoms with E-state index in [4.69, 9.17) is 10.2 Å². The van der Waals surface area contributed by atoms with E-state index in [9.17, 15) is 4.79 Å². The first kappa shape index (κ1) is 14.0. The summed E-state index contributed by atoms with van der Waals surface area (Å²) < 4.78 is 5.26. The summed E-state index contributed by atoms with van der Waals surface area (Å²) in [5.74, 6) is 0.683. The molecule has 0 saturated carbocycles. The Morgan fingerprint density at radius 2 is 2.20 bits per heavy atom. The minimum absolute atomic E-state index is 0.124. The van der Waals surface area contributed by atoms with Gasteiger partial charge in [-0.3, -0.25) is 4.79 Å². The molecule has 0 aliphatic heterocycles. The third-order valence-electron chi connectivity index (χ3n) is 2.86. The SMILES string of the molecule is CCCNC(=O)c1cc(N)ccc1NCc1ccco1. The van der Waals surface area contributed by atoms with Gasteiger partial charge in [-0.2, -0.15) is 0 Å². The quantitative estimate of drug-likeness (QED) is 0.707. The van der Waals surface area contributed by atoms with Crippen LogP contribution in [0.15, 0.2) is 41.0 Å². The number of carbonyl (C=O) groups excluding carboxylic acids is 1. The zero-order chi connectivity index (χ0) is 14.4. The monoisotopic (exact) mass is 273 g/mol. The van der Waals surface area contributed by atoms with Crippen molar-refractivity contribution in [3.63, 3.8) is 0 Å². The molecule has 0 aliphatic carbocycles. The molecule has 20 heavy (non-hydrogen) atoms. The zero-order valence-electron chi connectivity index (χ0n) is 11.5. The highest BCUT2D eigenvalue weighted by Gasteiger charge is 2.11. The van der Waals surface area contributed by atoms with E-state index in [-0.39, 0.29) is 5.91 Å². The highest BCUT2D eigenvalue weighted by atomic mass is 16.3. The molecule has 0 radical (unpaired) electrons. The van der Waals surface area contributed by atoms with Gasteiger partial charge in [-0.05, 0) is 36.8 Å². The molecule has 0 fully saturated rings. The second kappa shape index (κ2) is 6.65. The van der Waals surface area contributed by atoms with Crippen LogP contribution in [0, 0.1) is 0 Å². The third-order valence-corrected chi connectivity index (χ3v) is 2.86. The molecular formula is C15H19N3O2. The summed E-state index contributed by atoms with van der Waals surface area (Å²) in [7, 11) is 0. The summed E-state index contributed by atoms with van der Waals surface area (Å²) in [5, 5.41) is 6.04. The Balaban J connectivity index is 2.12. The number of nitrogen functional groups attached to an aromatic ring is 1. The number of anilines is 2. The van der Waals surface area contributed by atoms with Crippen LogP contribution < -0.4 is 16.4 Å². The lowest BCUT2D eigenvalue weighted by Gasteiger charge is -2.12. The predicted molar refractivity (Wildman–Crippen MR) is 79.5 cm³/mol. The molecular weight excluding hydrogens is 254 g/mol. The molecule has 0 atom stereocenters. The molecule has 1 heterocycles. The number of hydrogen-bond acceptors (Lipinski definition) is 4. The number of amides is 1. The molecule has 1 aromatic heterocycles. The van der Waals surface area contributed by atoms with E-state index < -0.39 is 0 Å². The van der Waals surface area contributed by atoms with Crippen molar-refractivity contribution in [3.8, 4) is 0 Å². The van der Waals surface area contributed by atoms with E-state index >= 15 is 0 Å². The Morgan fingerprint density at radius 3 is 2.90 bits per heavy atom. The summed E-state index contributed by atoms with van der Waals surface area (Å²) in [6.07, 6.45) is 2.51. The predicted octanol–water partition coefficient (Wildman–Crippen LogP) is 2.61. The Bertz CT molecular complexity index is 565. The van der Waals surface area contributed by atoms with Gasteiger partial charge in [0.15, 0.2) is 0 Å². The maximum atomic E-state index is 12.1. The lowest BCUT2D eigenvalue weighted by molar-refractivity contribution is 0.0954. The first-order valence-electron chi connectivity index (χ1n) is 6.64. The molecule has 0 aliphatic rings. The molecule has 1 aromatic carbocycles. The minimum Gasteiger partial charge on any atom is -0.467 e. The number of benzene rings is 1. The average Bonchev–Trinajstić information content (AvgIpc) is 2.96. The molecule has 5 heteroatoms. The molecule has 0 unspecified atom stereocenters. The zero-order valence-corrected chi connectivity index (χ0v) is 11.5. The van der Waals surface area contributed by atoms with E-state index in [0.717, 1.165) is 17.9 Å². The van der Waals surface area contributed by atoms with Gasteiger partial charge in [0.05, 0.1) is 18.4 Å². The highest BCUT2D eigenvalue weighted by molar-refractivity contribution is 6.00. The first-order chi connectivity index (χ1) is 9.70. The van der Waals surface area contributed by atoms with Gasteiger partial charge in [0, 0.05) is 17.9 Å². The Kier molecular flexibility index (Phi) is 4.65. The molecule has 0 saturated heterocycles. The van der Waals surface area contributed by atoms with Gasteiger partial charge in [-0.1, -0.05) is 6.92 Å². The topological polar surface area (TPSA) is 80.3 Å². The van der Waals surface area contributed by atoms with Crippen molar-refractivity contribution in [2.75, 3.05) is 17.6 Å². The van der Waals surface area contributed by atoms with Gasteiger partial charge in [-0.25, -0.2) is 0 Å². The normalized spacial score (nSPS) is 10.2. The van der Waals surface area contributed by atoms with E-state index in [2.05, 4.69) is 10.6 Å². The van der Waals surface area contributed by atoms with Crippen LogP contribution in [0.4, 0.5) is 11.4 Å². The maximum Gasteiger partial charge on any atom is 0.253 e. The van der Waals surface area contributed by atoms with Gasteiger partial charge in [0.1, 0.15) is 5.76 Å². The Morgan fingerprint density at radius 1 is 1.35 bits per heavy atom. The van der Waals surface area contributed by atoms with E-state index in [1.165, 1.54) is 0 Å². The Labute approximate surface area is 118 Å². The van der Waals surface area contributed by atoms with Crippen LogP contribution in [0.25, 0.3) is 0 Å². The van der Waals surface area contributed by atoms with Crippen molar-refractivity contribution in [1.82, 2.24) is 5.32 Å². The maximum absolute atomic E-state index is 12.1. The van der Waals surface area contributed by atoms with Crippen LogP contribution in [-0.4, -0.2) is 12.5 Å². The molecule has 4 N–H and O–H groups in total. The van der Waals surface area contributed by atoms with Crippen molar-refractivity contribution < 1.29 is 9.21 Å². The molecule has 5 nitrogen and oxygen atoms in total. The fourth-order valence-corrected chi connectivity index (χ4v) is 1.83. The van der Waals surface area contributed by atoms with Crippen molar-refractivity contribution in [2.45, 2.75) is 19.9 Å². The van der Waals surface area contributed by atoms with Crippen molar-refractivity contribution in [1.29, 1.82) is 0 Å². The van der Waals surface area contributed by atoms with Crippen LogP contribution in [0.5, 0.6) is 0 Å². The van der Waals surface area contributed by atoms with Gasteiger partial charge in [0.25, 0.3) is 5.91 Å². The molecule has 106 valence electrons. The van der Waals surface area contributed by atoms with Gasteiger partial charge in [-0.15, -0.1) is 0 Å². The molecule has 1 amide bonds. The number of furan rings is 1. The van der Waals surface area contributed by atoms with E-state index in [0.29, 0.717) is 24.3 Å². The van der Waals surface area contributed by atoms with Gasteiger partial charge < -0.3 is 20.8 Å². The highest BCUT2D eigenvalue weighted by Crippen LogP contribution is 2.20. The minimum atomic E-state index is -0.124. The third kappa shape index (κ3) is 3.54. The second-order valence-corrected chi connectivity index (χ2v) is 4.49. The van der Waals surface area contributed by atoms with E-state index in [1.54, 1.807) is 24.5 Å². The van der Waals surface area contributed by atoms with Gasteiger partial charge >= 0.3 is 0 Å². The summed E-state index contributed by atoms with van der Waals surface area (Å²) in [6.45, 7) is 3.17.